The van der Waals surface area contributed by atoms with Gasteiger partial charge in [-0.2, -0.15) is 0 Å². The Balaban J connectivity index is 1.96. The molecule has 0 bridgehead atoms. The zero-order valence-electron chi connectivity index (χ0n) is 13.1. The summed E-state index contributed by atoms with van der Waals surface area (Å²) in [6, 6.07) is 0.759. The third-order valence-corrected chi connectivity index (χ3v) is 3.98. The molecule has 5 nitrogen and oxygen atoms in total. The first-order chi connectivity index (χ1) is 9.74. The van der Waals surface area contributed by atoms with E-state index in [-0.39, 0.29) is 5.91 Å². The number of amides is 1. The molecule has 1 amide bonds. The Morgan fingerprint density at radius 1 is 1.25 bits per heavy atom. The Bertz CT molecular complexity index is 256. The lowest BCUT2D eigenvalue weighted by Crippen LogP contribution is -2.38. The van der Waals surface area contributed by atoms with E-state index in [1.807, 2.05) is 0 Å². The van der Waals surface area contributed by atoms with Crippen LogP contribution in [0.4, 0.5) is 0 Å². The van der Waals surface area contributed by atoms with Gasteiger partial charge in [-0.1, -0.05) is 19.3 Å². The number of rotatable bonds is 10. The van der Waals surface area contributed by atoms with Crippen molar-refractivity contribution >= 4 is 5.91 Å². The maximum atomic E-state index is 11.5. The smallest absolute Gasteiger partial charge is 0.233 e. The standard InChI is InChI=1S/C15H31N3O2/c1-18(14-7-4-3-5-8-14)11-6-9-17-15(19)13-16-10-12-20-2/h14,16H,3-13H2,1-2H3,(H,17,19). The molecule has 0 unspecified atom stereocenters. The molecule has 0 heterocycles. The predicted octanol–water partition coefficient (Wildman–Crippen LogP) is 0.993. The summed E-state index contributed by atoms with van der Waals surface area (Å²) >= 11 is 0. The van der Waals surface area contributed by atoms with E-state index in [2.05, 4.69) is 22.6 Å². The fourth-order valence-corrected chi connectivity index (χ4v) is 2.70. The third kappa shape index (κ3) is 7.82. The zero-order valence-corrected chi connectivity index (χ0v) is 13.1. The molecule has 1 aliphatic carbocycles. The molecular weight excluding hydrogens is 254 g/mol. The Morgan fingerprint density at radius 2 is 2.00 bits per heavy atom. The fourth-order valence-electron chi connectivity index (χ4n) is 2.70. The lowest BCUT2D eigenvalue weighted by atomic mass is 9.94. The average Bonchev–Trinajstić information content (AvgIpc) is 2.49. The summed E-state index contributed by atoms with van der Waals surface area (Å²) < 4.78 is 4.91. The van der Waals surface area contributed by atoms with E-state index in [0.717, 1.165) is 25.6 Å². The summed E-state index contributed by atoms with van der Waals surface area (Å²) in [4.78, 5) is 14.0. The lowest BCUT2D eigenvalue weighted by Gasteiger charge is -2.31. The van der Waals surface area contributed by atoms with Crippen molar-refractivity contribution in [2.75, 3.05) is 46.9 Å². The Kier molecular flexibility index (Phi) is 9.62. The summed E-state index contributed by atoms with van der Waals surface area (Å²) in [5, 5.41) is 5.99. The van der Waals surface area contributed by atoms with Gasteiger partial charge < -0.3 is 20.3 Å². The molecule has 0 aromatic heterocycles. The van der Waals surface area contributed by atoms with Crippen molar-refractivity contribution in [1.29, 1.82) is 0 Å². The molecule has 0 aliphatic heterocycles. The molecular formula is C15H31N3O2. The molecule has 1 saturated carbocycles. The predicted molar refractivity (Wildman–Crippen MR) is 81.9 cm³/mol. The molecule has 1 fully saturated rings. The molecule has 1 rings (SSSR count). The van der Waals surface area contributed by atoms with Crippen LogP contribution < -0.4 is 10.6 Å². The van der Waals surface area contributed by atoms with Crippen LogP contribution in [-0.2, 0) is 9.53 Å². The van der Waals surface area contributed by atoms with Crippen LogP contribution in [0.1, 0.15) is 38.5 Å². The topological polar surface area (TPSA) is 53.6 Å². The van der Waals surface area contributed by atoms with Gasteiger partial charge in [-0.15, -0.1) is 0 Å². The van der Waals surface area contributed by atoms with Gasteiger partial charge in [-0.25, -0.2) is 0 Å². The molecule has 0 saturated heterocycles. The minimum absolute atomic E-state index is 0.0708. The van der Waals surface area contributed by atoms with Gasteiger partial charge in [-0.3, -0.25) is 4.79 Å². The number of methoxy groups -OCH3 is 1. The minimum Gasteiger partial charge on any atom is -0.383 e. The molecule has 0 aromatic rings. The first kappa shape index (κ1) is 17.4. The van der Waals surface area contributed by atoms with Crippen molar-refractivity contribution in [3.63, 3.8) is 0 Å². The van der Waals surface area contributed by atoms with Crippen LogP contribution in [0.3, 0.4) is 0 Å². The highest BCUT2D eigenvalue weighted by Gasteiger charge is 2.17. The van der Waals surface area contributed by atoms with E-state index in [1.54, 1.807) is 7.11 Å². The Hall–Kier alpha value is -0.650. The molecule has 5 heteroatoms. The molecule has 20 heavy (non-hydrogen) atoms. The van der Waals surface area contributed by atoms with Crippen LogP contribution in [0.25, 0.3) is 0 Å². The van der Waals surface area contributed by atoms with Crippen LogP contribution in [0.5, 0.6) is 0 Å². The van der Waals surface area contributed by atoms with E-state index in [1.165, 1.54) is 32.1 Å². The van der Waals surface area contributed by atoms with Crippen LogP contribution in [0.2, 0.25) is 0 Å². The summed E-state index contributed by atoms with van der Waals surface area (Å²) in [6.07, 6.45) is 7.85. The molecule has 0 radical (unpaired) electrons. The average molecular weight is 285 g/mol. The largest absolute Gasteiger partial charge is 0.383 e. The first-order valence-corrected chi connectivity index (χ1v) is 7.90. The highest BCUT2D eigenvalue weighted by atomic mass is 16.5. The van der Waals surface area contributed by atoms with Gasteiger partial charge in [0.15, 0.2) is 0 Å². The van der Waals surface area contributed by atoms with E-state index < -0.39 is 0 Å². The highest BCUT2D eigenvalue weighted by Crippen LogP contribution is 2.21. The zero-order chi connectivity index (χ0) is 14.6. The summed E-state index contributed by atoms with van der Waals surface area (Å²) in [5.41, 5.74) is 0. The number of carbonyl (C=O) groups is 1. The number of nitrogens with one attached hydrogen (secondary N) is 2. The SMILES string of the molecule is COCCNCC(=O)NCCCN(C)C1CCCCC1. The second kappa shape index (κ2) is 11.1. The van der Waals surface area contributed by atoms with Gasteiger partial charge in [0.1, 0.15) is 0 Å². The number of hydrogen-bond donors (Lipinski definition) is 2. The molecule has 118 valence electrons. The monoisotopic (exact) mass is 285 g/mol. The van der Waals surface area contributed by atoms with Gasteiger partial charge >= 0.3 is 0 Å². The van der Waals surface area contributed by atoms with Gasteiger partial charge in [0.05, 0.1) is 13.2 Å². The number of carbonyl (C=O) groups excluding carboxylic acids is 1. The van der Waals surface area contributed by atoms with Gasteiger partial charge in [-0.05, 0) is 32.9 Å². The quantitative estimate of drug-likeness (QED) is 0.588. The van der Waals surface area contributed by atoms with Gasteiger partial charge in [0.25, 0.3) is 0 Å². The number of ether oxygens (including phenoxy) is 1. The molecule has 2 N–H and O–H groups in total. The van der Waals surface area contributed by atoms with E-state index in [9.17, 15) is 4.79 Å². The Morgan fingerprint density at radius 3 is 2.70 bits per heavy atom. The highest BCUT2D eigenvalue weighted by molar-refractivity contribution is 5.77. The minimum atomic E-state index is 0.0708. The van der Waals surface area contributed by atoms with Crippen LogP contribution >= 0.6 is 0 Å². The van der Waals surface area contributed by atoms with Gasteiger partial charge in [0.2, 0.25) is 5.91 Å². The van der Waals surface area contributed by atoms with Crippen molar-refractivity contribution in [3.05, 3.63) is 0 Å². The maximum absolute atomic E-state index is 11.5. The van der Waals surface area contributed by atoms with Crippen LogP contribution in [0.15, 0.2) is 0 Å². The second-order valence-electron chi connectivity index (χ2n) is 5.65. The summed E-state index contributed by atoms with van der Waals surface area (Å²) in [7, 11) is 3.87. The number of nitrogens with zero attached hydrogens (tertiary/aromatic N) is 1. The first-order valence-electron chi connectivity index (χ1n) is 7.90. The molecule has 1 aliphatic rings. The normalized spacial score (nSPS) is 16.6. The lowest BCUT2D eigenvalue weighted by molar-refractivity contribution is -0.120. The Labute approximate surface area is 123 Å². The van der Waals surface area contributed by atoms with Crippen molar-refractivity contribution in [1.82, 2.24) is 15.5 Å². The summed E-state index contributed by atoms with van der Waals surface area (Å²) in [6.45, 7) is 3.57. The van der Waals surface area contributed by atoms with E-state index >= 15 is 0 Å². The fraction of sp³-hybridized carbons (Fsp3) is 0.933. The van der Waals surface area contributed by atoms with Crippen molar-refractivity contribution in [2.24, 2.45) is 0 Å². The van der Waals surface area contributed by atoms with Crippen LogP contribution in [0, 0.1) is 0 Å². The summed E-state index contributed by atoms with van der Waals surface area (Å²) in [5.74, 6) is 0.0708. The number of hydrogen-bond acceptors (Lipinski definition) is 4. The van der Waals surface area contributed by atoms with E-state index in [0.29, 0.717) is 19.7 Å². The maximum Gasteiger partial charge on any atom is 0.233 e. The second-order valence-corrected chi connectivity index (χ2v) is 5.65. The third-order valence-electron chi connectivity index (χ3n) is 3.98. The molecule has 0 atom stereocenters. The van der Waals surface area contributed by atoms with Crippen molar-refractivity contribution in [2.45, 2.75) is 44.6 Å². The molecule has 0 aromatic carbocycles. The van der Waals surface area contributed by atoms with Crippen molar-refractivity contribution in [3.8, 4) is 0 Å². The van der Waals surface area contributed by atoms with E-state index in [4.69, 9.17) is 4.74 Å². The van der Waals surface area contributed by atoms with Crippen molar-refractivity contribution < 1.29 is 9.53 Å². The van der Waals surface area contributed by atoms with Crippen LogP contribution in [-0.4, -0.2) is 63.8 Å². The molecule has 0 spiro atoms. The van der Waals surface area contributed by atoms with Gasteiger partial charge in [0, 0.05) is 26.2 Å².